The zero-order chi connectivity index (χ0) is 27.9. The first-order valence-electron chi connectivity index (χ1n) is 12.6. The van der Waals surface area contributed by atoms with Gasteiger partial charge in [-0.2, -0.15) is 11.8 Å². The lowest BCUT2D eigenvalue weighted by atomic mass is 10.0. The second kappa shape index (κ2) is 12.9. The number of amides is 3. The summed E-state index contributed by atoms with van der Waals surface area (Å²) >= 11 is 1.56. The van der Waals surface area contributed by atoms with Crippen LogP contribution in [0.3, 0.4) is 0 Å². The molecule has 1 aliphatic carbocycles. The number of carbonyl (C=O) groups excluding carboxylic acids is 3. The Labute approximate surface area is 228 Å². The Morgan fingerprint density at radius 1 is 1.08 bits per heavy atom. The molecule has 0 heterocycles. The van der Waals surface area contributed by atoms with E-state index in [1.165, 1.54) is 12.1 Å². The van der Waals surface area contributed by atoms with E-state index in [-0.39, 0.29) is 17.7 Å². The zero-order valence-corrected chi connectivity index (χ0v) is 23.3. The van der Waals surface area contributed by atoms with Crippen molar-refractivity contribution in [2.24, 2.45) is 0 Å². The highest BCUT2D eigenvalue weighted by molar-refractivity contribution is 7.98. The van der Waals surface area contributed by atoms with Crippen molar-refractivity contribution >= 4 is 35.4 Å². The summed E-state index contributed by atoms with van der Waals surface area (Å²) in [6.45, 7) is 5.27. The highest BCUT2D eigenvalue weighted by atomic mass is 32.2. The van der Waals surface area contributed by atoms with Crippen molar-refractivity contribution in [3.8, 4) is 11.5 Å². The molecular weight excluding hydrogens is 506 g/mol. The molecule has 2 aromatic rings. The van der Waals surface area contributed by atoms with Crippen molar-refractivity contribution in [3.63, 3.8) is 0 Å². The van der Waals surface area contributed by atoms with Crippen LogP contribution in [0.4, 0.5) is 10.5 Å². The molecule has 3 N–H and O–H groups in total. The van der Waals surface area contributed by atoms with E-state index in [1.54, 1.807) is 80.9 Å². The van der Waals surface area contributed by atoms with E-state index in [0.29, 0.717) is 29.2 Å². The molecule has 2 unspecified atom stereocenters. The standard InChI is InChI=1S/C28H37N3O6S/c1-28(2,3)37-27(35)30-23(16-17-38-5)26(34)31(20-10-11-20)24(18-6-12-21(32)13-7-18)25(33)29-19-8-14-22(36-4)15-9-19/h6-9,12-15,20,23-24,32H,10-11,16-17H2,1-5H3,(H,29,33)(H,30,35). The lowest BCUT2D eigenvalue weighted by molar-refractivity contribution is -0.141. The van der Waals surface area contributed by atoms with Gasteiger partial charge >= 0.3 is 6.09 Å². The fraction of sp³-hybridized carbons (Fsp3) is 0.464. The number of nitrogens with one attached hydrogen (secondary N) is 2. The van der Waals surface area contributed by atoms with Gasteiger partial charge in [0.1, 0.15) is 29.2 Å². The van der Waals surface area contributed by atoms with Gasteiger partial charge < -0.3 is 30.1 Å². The van der Waals surface area contributed by atoms with E-state index in [9.17, 15) is 19.5 Å². The number of aromatic hydroxyl groups is 1. The molecule has 1 saturated carbocycles. The number of carbonyl (C=O) groups is 3. The van der Waals surface area contributed by atoms with Crippen molar-refractivity contribution in [1.29, 1.82) is 0 Å². The van der Waals surface area contributed by atoms with Gasteiger partial charge in [0.05, 0.1) is 7.11 Å². The first-order chi connectivity index (χ1) is 18.0. The van der Waals surface area contributed by atoms with E-state index in [1.807, 2.05) is 6.26 Å². The number of anilines is 1. The molecule has 0 radical (unpaired) electrons. The van der Waals surface area contributed by atoms with Gasteiger partial charge in [-0.25, -0.2) is 4.79 Å². The SMILES string of the molecule is COc1ccc(NC(=O)C(c2ccc(O)cc2)N(C(=O)C(CCSC)NC(=O)OC(C)(C)C)C2CC2)cc1. The number of phenols is 1. The molecule has 0 bridgehead atoms. The van der Waals surface area contributed by atoms with E-state index in [2.05, 4.69) is 10.6 Å². The predicted molar refractivity (Wildman–Crippen MR) is 148 cm³/mol. The second-order valence-corrected chi connectivity index (χ2v) is 11.2. The number of hydrogen-bond donors (Lipinski definition) is 3. The molecule has 206 valence electrons. The van der Waals surface area contributed by atoms with Gasteiger partial charge in [0.15, 0.2) is 0 Å². The van der Waals surface area contributed by atoms with Crippen LogP contribution in [0, 0.1) is 0 Å². The third-order valence-electron chi connectivity index (χ3n) is 5.89. The first-order valence-corrected chi connectivity index (χ1v) is 14.0. The smallest absolute Gasteiger partial charge is 0.408 e. The van der Waals surface area contributed by atoms with Crippen molar-refractivity contribution in [3.05, 3.63) is 54.1 Å². The van der Waals surface area contributed by atoms with Gasteiger partial charge in [-0.1, -0.05) is 12.1 Å². The summed E-state index contributed by atoms with van der Waals surface area (Å²) in [5, 5.41) is 15.5. The summed E-state index contributed by atoms with van der Waals surface area (Å²) in [5.41, 5.74) is 0.378. The van der Waals surface area contributed by atoms with E-state index in [4.69, 9.17) is 9.47 Å². The van der Waals surface area contributed by atoms with Crippen LogP contribution in [0.25, 0.3) is 0 Å². The number of nitrogens with zero attached hydrogens (tertiary/aromatic N) is 1. The van der Waals surface area contributed by atoms with Crippen LogP contribution in [0.2, 0.25) is 0 Å². The molecule has 0 aromatic heterocycles. The topological polar surface area (TPSA) is 117 Å². The first kappa shape index (κ1) is 29.2. The Kier molecular flexibility index (Phi) is 9.90. The molecule has 1 fully saturated rings. The zero-order valence-electron chi connectivity index (χ0n) is 22.5. The van der Waals surface area contributed by atoms with Gasteiger partial charge in [-0.3, -0.25) is 9.59 Å². The number of thioether (sulfide) groups is 1. The average Bonchev–Trinajstić information content (AvgIpc) is 3.70. The molecule has 3 rings (SSSR count). The molecule has 3 amide bonds. The molecule has 0 saturated heterocycles. The molecule has 9 nitrogen and oxygen atoms in total. The summed E-state index contributed by atoms with van der Waals surface area (Å²) in [6.07, 6.45) is 3.12. The lowest BCUT2D eigenvalue weighted by Gasteiger charge is -2.34. The van der Waals surface area contributed by atoms with Crippen LogP contribution in [-0.4, -0.2) is 64.7 Å². The van der Waals surface area contributed by atoms with Crippen LogP contribution in [-0.2, 0) is 14.3 Å². The number of methoxy groups -OCH3 is 1. The fourth-order valence-corrected chi connectivity index (χ4v) is 4.44. The quantitative estimate of drug-likeness (QED) is 0.375. The van der Waals surface area contributed by atoms with E-state index in [0.717, 1.165) is 12.8 Å². The minimum atomic E-state index is -0.977. The maximum absolute atomic E-state index is 14.1. The maximum Gasteiger partial charge on any atom is 0.408 e. The Morgan fingerprint density at radius 3 is 2.24 bits per heavy atom. The van der Waals surface area contributed by atoms with Crippen molar-refractivity contribution in [2.75, 3.05) is 24.4 Å². The van der Waals surface area contributed by atoms with Crippen LogP contribution in [0.15, 0.2) is 48.5 Å². The molecular formula is C28H37N3O6S. The Bertz CT molecular complexity index is 1100. The second-order valence-electron chi connectivity index (χ2n) is 10.2. The van der Waals surface area contributed by atoms with Crippen LogP contribution >= 0.6 is 11.8 Å². The van der Waals surface area contributed by atoms with Gasteiger partial charge in [0.2, 0.25) is 5.91 Å². The highest BCUT2D eigenvalue weighted by Crippen LogP contribution is 2.37. The summed E-state index contributed by atoms with van der Waals surface area (Å²) in [7, 11) is 1.56. The number of benzene rings is 2. The molecule has 38 heavy (non-hydrogen) atoms. The van der Waals surface area contributed by atoms with Crippen molar-refractivity contribution in [1.82, 2.24) is 10.2 Å². The lowest BCUT2D eigenvalue weighted by Crippen LogP contribution is -2.53. The molecule has 0 spiro atoms. The Balaban J connectivity index is 1.94. The van der Waals surface area contributed by atoms with Crippen molar-refractivity contribution < 1.29 is 29.0 Å². The third kappa shape index (κ3) is 8.31. The highest BCUT2D eigenvalue weighted by Gasteiger charge is 2.44. The number of rotatable bonds is 11. The maximum atomic E-state index is 14.1. The largest absolute Gasteiger partial charge is 0.508 e. The molecule has 2 aromatic carbocycles. The molecule has 0 aliphatic heterocycles. The van der Waals surface area contributed by atoms with Crippen LogP contribution < -0.4 is 15.4 Å². The minimum absolute atomic E-state index is 0.0526. The summed E-state index contributed by atoms with van der Waals surface area (Å²) < 4.78 is 10.6. The predicted octanol–water partition coefficient (Wildman–Crippen LogP) is 4.72. The number of hydrogen-bond acceptors (Lipinski definition) is 7. The molecule has 2 atom stereocenters. The van der Waals surface area contributed by atoms with Gasteiger partial charge in [0, 0.05) is 11.7 Å². The average molecular weight is 544 g/mol. The van der Waals surface area contributed by atoms with Gasteiger partial charge in [-0.05, 0) is 94.0 Å². The number of alkyl carbamates (subject to hydrolysis) is 1. The fourth-order valence-electron chi connectivity index (χ4n) is 3.97. The van der Waals surface area contributed by atoms with Crippen LogP contribution in [0.5, 0.6) is 11.5 Å². The third-order valence-corrected chi connectivity index (χ3v) is 6.53. The summed E-state index contributed by atoms with van der Waals surface area (Å²) in [5.74, 6) is 0.582. The summed E-state index contributed by atoms with van der Waals surface area (Å²) in [6, 6.07) is 11.2. The van der Waals surface area contributed by atoms with Crippen molar-refractivity contribution in [2.45, 2.75) is 63.8 Å². The van der Waals surface area contributed by atoms with E-state index < -0.39 is 29.7 Å². The number of ether oxygens (including phenoxy) is 2. The molecule has 10 heteroatoms. The Morgan fingerprint density at radius 2 is 1.71 bits per heavy atom. The van der Waals surface area contributed by atoms with E-state index >= 15 is 0 Å². The molecule has 1 aliphatic rings. The van der Waals surface area contributed by atoms with Gasteiger partial charge in [0.25, 0.3) is 5.91 Å². The Hall–Kier alpha value is -3.40. The monoisotopic (exact) mass is 543 g/mol. The minimum Gasteiger partial charge on any atom is -0.508 e. The van der Waals surface area contributed by atoms with Gasteiger partial charge in [-0.15, -0.1) is 0 Å². The normalized spacial score (nSPS) is 14.7. The van der Waals surface area contributed by atoms with Crippen LogP contribution in [0.1, 0.15) is 51.6 Å². The number of phenolic OH excluding ortho intramolecular Hbond substituents is 1. The summed E-state index contributed by atoms with van der Waals surface area (Å²) in [4.78, 5) is 42.0.